The second-order valence-electron chi connectivity index (χ2n) is 7.24. The standard InChI is InChI=1S/C24H22F3N3O4/c1-33-22(17-10-8-16(9-11-17)15-29-20-7-2-3-14-28-20)19-6-4-5-18(30-19)12-13-21(31)34-23(32)24(25,26)27/h2-11,14,22H,12-13,15H2,1H3,(H,28,29). The van der Waals surface area contributed by atoms with Crippen molar-refractivity contribution in [1.82, 2.24) is 9.97 Å². The molecule has 0 bridgehead atoms. The van der Waals surface area contributed by atoms with Crippen LogP contribution in [0, 0.1) is 0 Å². The van der Waals surface area contributed by atoms with Crippen LogP contribution in [0.3, 0.4) is 0 Å². The number of methoxy groups -OCH3 is 1. The quantitative estimate of drug-likeness (QED) is 0.364. The first-order chi connectivity index (χ1) is 16.3. The molecule has 0 fully saturated rings. The number of aryl methyl sites for hydroxylation is 1. The van der Waals surface area contributed by atoms with E-state index in [1.54, 1.807) is 24.4 Å². The number of nitrogens with one attached hydrogen (secondary N) is 1. The van der Waals surface area contributed by atoms with E-state index in [1.807, 2.05) is 42.5 Å². The summed E-state index contributed by atoms with van der Waals surface area (Å²) >= 11 is 0. The number of benzene rings is 1. The van der Waals surface area contributed by atoms with Gasteiger partial charge < -0.3 is 14.8 Å². The van der Waals surface area contributed by atoms with Crippen molar-refractivity contribution < 1.29 is 32.2 Å². The Labute approximate surface area is 194 Å². The minimum Gasteiger partial charge on any atom is -0.386 e. The Hall–Kier alpha value is -3.79. The van der Waals surface area contributed by atoms with Gasteiger partial charge in [-0.25, -0.2) is 9.78 Å². The molecule has 34 heavy (non-hydrogen) atoms. The predicted octanol–water partition coefficient (Wildman–Crippen LogP) is 4.39. The molecule has 0 aliphatic heterocycles. The van der Waals surface area contributed by atoms with Gasteiger partial charge in [0.15, 0.2) is 0 Å². The van der Waals surface area contributed by atoms with Crippen LogP contribution in [-0.4, -0.2) is 35.2 Å². The zero-order valence-electron chi connectivity index (χ0n) is 18.2. The topological polar surface area (TPSA) is 90.4 Å². The van der Waals surface area contributed by atoms with Crippen LogP contribution in [0.25, 0.3) is 0 Å². The van der Waals surface area contributed by atoms with Gasteiger partial charge >= 0.3 is 18.1 Å². The molecule has 0 aliphatic rings. The fourth-order valence-corrected chi connectivity index (χ4v) is 3.12. The second-order valence-corrected chi connectivity index (χ2v) is 7.24. The van der Waals surface area contributed by atoms with Gasteiger partial charge in [0.1, 0.15) is 11.9 Å². The van der Waals surface area contributed by atoms with E-state index in [0.717, 1.165) is 16.9 Å². The zero-order valence-corrected chi connectivity index (χ0v) is 18.2. The van der Waals surface area contributed by atoms with Crippen molar-refractivity contribution in [3.63, 3.8) is 0 Å². The number of ether oxygens (including phenoxy) is 2. The monoisotopic (exact) mass is 473 g/mol. The lowest BCUT2D eigenvalue weighted by Crippen LogP contribution is -2.28. The number of nitrogens with zero attached hydrogens (tertiary/aromatic N) is 2. The third-order valence-corrected chi connectivity index (χ3v) is 4.78. The second kappa shape index (κ2) is 11.4. The third-order valence-electron chi connectivity index (χ3n) is 4.78. The molecule has 2 heterocycles. The Balaban J connectivity index is 1.61. The van der Waals surface area contributed by atoms with Gasteiger partial charge in [-0.05, 0) is 35.4 Å². The van der Waals surface area contributed by atoms with Crippen molar-refractivity contribution in [2.24, 2.45) is 0 Å². The van der Waals surface area contributed by atoms with Crippen molar-refractivity contribution in [3.8, 4) is 0 Å². The largest absolute Gasteiger partial charge is 0.491 e. The van der Waals surface area contributed by atoms with E-state index in [4.69, 9.17) is 4.74 Å². The summed E-state index contributed by atoms with van der Waals surface area (Å²) in [5.74, 6) is -3.03. The van der Waals surface area contributed by atoms with E-state index < -0.39 is 30.6 Å². The molecule has 1 unspecified atom stereocenters. The van der Waals surface area contributed by atoms with Crippen LogP contribution >= 0.6 is 0 Å². The van der Waals surface area contributed by atoms with Crippen molar-refractivity contribution in [1.29, 1.82) is 0 Å². The van der Waals surface area contributed by atoms with E-state index in [0.29, 0.717) is 17.9 Å². The van der Waals surface area contributed by atoms with Crippen LogP contribution in [0.15, 0.2) is 66.9 Å². The molecule has 1 N–H and O–H groups in total. The molecule has 2 aromatic heterocycles. The highest BCUT2D eigenvalue weighted by atomic mass is 19.4. The third kappa shape index (κ3) is 7.11. The van der Waals surface area contributed by atoms with Crippen LogP contribution in [0.1, 0.15) is 35.0 Å². The maximum absolute atomic E-state index is 12.2. The number of alkyl halides is 3. The average molecular weight is 473 g/mol. The first kappa shape index (κ1) is 24.8. The molecule has 0 spiro atoms. The normalized spacial score (nSPS) is 12.1. The number of anilines is 1. The van der Waals surface area contributed by atoms with Gasteiger partial charge in [-0.2, -0.15) is 13.2 Å². The average Bonchev–Trinajstić information content (AvgIpc) is 2.83. The molecule has 0 amide bonds. The Morgan fingerprint density at radius 3 is 2.44 bits per heavy atom. The summed E-state index contributed by atoms with van der Waals surface area (Å²) in [5.41, 5.74) is 2.91. The smallest absolute Gasteiger partial charge is 0.386 e. The number of carbonyl (C=O) groups excluding carboxylic acids is 2. The molecule has 178 valence electrons. The molecule has 0 radical (unpaired) electrons. The number of halogens is 3. The maximum atomic E-state index is 12.2. The van der Waals surface area contributed by atoms with Crippen LogP contribution in [0.2, 0.25) is 0 Å². The lowest BCUT2D eigenvalue weighted by atomic mass is 10.0. The summed E-state index contributed by atoms with van der Waals surface area (Å²) in [6.45, 7) is 0.593. The molecule has 10 heteroatoms. The van der Waals surface area contributed by atoms with Crippen molar-refractivity contribution in [2.75, 3.05) is 12.4 Å². The summed E-state index contributed by atoms with van der Waals surface area (Å²) in [4.78, 5) is 31.0. The van der Waals surface area contributed by atoms with Crippen LogP contribution in [-0.2, 0) is 32.0 Å². The van der Waals surface area contributed by atoms with E-state index in [-0.39, 0.29) is 6.42 Å². The molecular weight excluding hydrogens is 451 g/mol. The lowest BCUT2D eigenvalue weighted by Gasteiger charge is -2.17. The molecular formula is C24H22F3N3O4. The Morgan fingerprint density at radius 1 is 1.03 bits per heavy atom. The van der Waals surface area contributed by atoms with Crippen LogP contribution in [0.4, 0.5) is 19.0 Å². The summed E-state index contributed by atoms with van der Waals surface area (Å²) in [6, 6.07) is 18.4. The Kier molecular flexibility index (Phi) is 8.31. The highest BCUT2D eigenvalue weighted by Gasteiger charge is 2.42. The van der Waals surface area contributed by atoms with Crippen molar-refractivity contribution in [3.05, 3.63) is 89.4 Å². The molecule has 3 aromatic rings. The number of aromatic nitrogens is 2. The fourth-order valence-electron chi connectivity index (χ4n) is 3.12. The Bertz CT molecular complexity index is 1110. The van der Waals surface area contributed by atoms with Gasteiger partial charge in [0.05, 0.1) is 12.1 Å². The first-order valence-electron chi connectivity index (χ1n) is 10.3. The number of rotatable bonds is 9. The van der Waals surface area contributed by atoms with Gasteiger partial charge in [0, 0.05) is 32.0 Å². The van der Waals surface area contributed by atoms with Crippen molar-refractivity contribution >= 4 is 17.8 Å². The van der Waals surface area contributed by atoms with Crippen LogP contribution < -0.4 is 5.32 Å². The lowest BCUT2D eigenvalue weighted by molar-refractivity contribution is -0.201. The van der Waals surface area contributed by atoms with Gasteiger partial charge in [-0.1, -0.05) is 36.4 Å². The minimum atomic E-state index is -5.22. The highest BCUT2D eigenvalue weighted by Crippen LogP contribution is 2.25. The van der Waals surface area contributed by atoms with Crippen molar-refractivity contribution in [2.45, 2.75) is 31.7 Å². The molecule has 1 aromatic carbocycles. The molecule has 0 aliphatic carbocycles. The summed E-state index contributed by atoms with van der Waals surface area (Å²) in [5, 5.41) is 3.23. The van der Waals surface area contributed by atoms with Crippen LogP contribution in [0.5, 0.6) is 0 Å². The molecule has 1 atom stereocenters. The number of pyridine rings is 2. The maximum Gasteiger partial charge on any atom is 0.491 e. The van der Waals surface area contributed by atoms with Gasteiger partial charge in [0.2, 0.25) is 0 Å². The molecule has 7 nitrogen and oxygen atoms in total. The van der Waals surface area contributed by atoms with E-state index >= 15 is 0 Å². The number of carbonyl (C=O) groups is 2. The van der Waals surface area contributed by atoms with E-state index in [2.05, 4.69) is 20.0 Å². The summed E-state index contributed by atoms with van der Waals surface area (Å²) in [7, 11) is 1.54. The summed E-state index contributed by atoms with van der Waals surface area (Å²) in [6.07, 6.45) is -4.42. The summed E-state index contributed by atoms with van der Waals surface area (Å²) < 4.78 is 46.0. The zero-order chi connectivity index (χ0) is 24.6. The number of hydrogen-bond donors (Lipinski definition) is 1. The number of esters is 2. The Morgan fingerprint density at radius 2 is 1.79 bits per heavy atom. The SMILES string of the molecule is COC(c1ccc(CNc2ccccn2)cc1)c1cccc(CCC(=O)OC(=O)C(F)(F)F)n1. The fraction of sp³-hybridized carbons (Fsp3) is 0.250. The van der Waals surface area contributed by atoms with E-state index in [1.165, 1.54) is 7.11 Å². The predicted molar refractivity (Wildman–Crippen MR) is 117 cm³/mol. The highest BCUT2D eigenvalue weighted by molar-refractivity contribution is 5.88. The van der Waals surface area contributed by atoms with Gasteiger partial charge in [0.25, 0.3) is 0 Å². The number of hydrogen-bond acceptors (Lipinski definition) is 7. The minimum absolute atomic E-state index is 0.00632. The van der Waals surface area contributed by atoms with Gasteiger partial charge in [-0.3, -0.25) is 9.78 Å². The molecule has 0 saturated carbocycles. The molecule has 3 rings (SSSR count). The van der Waals surface area contributed by atoms with E-state index in [9.17, 15) is 22.8 Å². The first-order valence-corrected chi connectivity index (χ1v) is 10.3. The molecule has 0 saturated heterocycles. The van der Waals surface area contributed by atoms with Gasteiger partial charge in [-0.15, -0.1) is 0 Å².